The first kappa shape index (κ1) is 23.9. The summed E-state index contributed by atoms with van der Waals surface area (Å²) in [6.07, 6.45) is 1.59. The average molecular weight is 482 g/mol. The molecule has 1 heterocycles. The molecule has 35 heavy (non-hydrogen) atoms. The van der Waals surface area contributed by atoms with Gasteiger partial charge >= 0.3 is 0 Å². The Kier molecular flexibility index (Phi) is 6.77. The van der Waals surface area contributed by atoms with Crippen LogP contribution in [-0.4, -0.2) is 45.1 Å². The molecule has 7 nitrogen and oxygen atoms in total. The van der Waals surface area contributed by atoms with Crippen LogP contribution < -0.4 is 23.7 Å². The van der Waals surface area contributed by atoms with Gasteiger partial charge in [0.1, 0.15) is 5.82 Å². The van der Waals surface area contributed by atoms with Gasteiger partial charge in [-0.25, -0.2) is 13.8 Å². The first-order valence-corrected chi connectivity index (χ1v) is 10.5. The molecule has 182 valence electrons. The molecule has 0 fully saturated rings. The van der Waals surface area contributed by atoms with Crippen LogP contribution in [0.25, 0.3) is 28.3 Å². The molecule has 0 saturated carbocycles. The standard InChI is InChI=1S/C26H24F2N2O5/c1-31-21-8-6-15(10-18(21)27)20-14-29-26(16-7-9-22(32-2)19(28)11-16)30(20)17-12-23(33-3)25(35-5)24(13-17)34-4/h6-14H,1-5H3. The zero-order chi connectivity index (χ0) is 25.1. The molecule has 0 aliphatic heterocycles. The van der Waals surface area contributed by atoms with E-state index in [1.165, 1.54) is 59.8 Å². The molecule has 0 spiro atoms. The third-order valence-electron chi connectivity index (χ3n) is 5.53. The second-order valence-electron chi connectivity index (χ2n) is 7.38. The van der Waals surface area contributed by atoms with Crippen LogP contribution in [0.3, 0.4) is 0 Å². The van der Waals surface area contributed by atoms with E-state index in [0.717, 1.165) is 0 Å². The predicted octanol–water partition coefficient (Wildman–Crippen LogP) is 5.53. The second-order valence-corrected chi connectivity index (χ2v) is 7.38. The summed E-state index contributed by atoms with van der Waals surface area (Å²) in [6, 6.07) is 12.6. The van der Waals surface area contributed by atoms with Crippen molar-refractivity contribution in [2.75, 3.05) is 35.5 Å². The SMILES string of the molecule is COc1ccc(-c2cnc(-c3ccc(OC)c(F)c3)n2-c2cc(OC)c(OC)c(OC)c2)cc1F. The first-order chi connectivity index (χ1) is 16.9. The molecule has 0 bridgehead atoms. The number of imidazole rings is 1. The van der Waals surface area contributed by atoms with Crippen molar-refractivity contribution in [2.45, 2.75) is 0 Å². The molecule has 0 atom stereocenters. The summed E-state index contributed by atoms with van der Waals surface area (Å²) in [4.78, 5) is 4.55. The minimum atomic E-state index is -0.540. The van der Waals surface area contributed by atoms with Crippen molar-refractivity contribution in [3.05, 3.63) is 66.4 Å². The fourth-order valence-electron chi connectivity index (χ4n) is 3.85. The number of nitrogens with zero attached hydrogens (tertiary/aromatic N) is 2. The van der Waals surface area contributed by atoms with E-state index < -0.39 is 11.6 Å². The highest BCUT2D eigenvalue weighted by molar-refractivity contribution is 5.72. The Morgan fingerprint density at radius 3 is 1.63 bits per heavy atom. The van der Waals surface area contributed by atoms with Crippen LogP contribution >= 0.6 is 0 Å². The number of hydrogen-bond acceptors (Lipinski definition) is 6. The number of halogens is 2. The zero-order valence-electron chi connectivity index (χ0n) is 19.9. The summed E-state index contributed by atoms with van der Waals surface area (Å²) >= 11 is 0. The lowest BCUT2D eigenvalue weighted by atomic mass is 10.1. The van der Waals surface area contributed by atoms with Gasteiger partial charge in [0.05, 0.1) is 53.1 Å². The highest BCUT2D eigenvalue weighted by Crippen LogP contribution is 2.42. The molecule has 4 aromatic rings. The summed E-state index contributed by atoms with van der Waals surface area (Å²) in [5.74, 6) is 0.798. The Morgan fingerprint density at radius 1 is 0.629 bits per heavy atom. The Hall–Kier alpha value is -4.27. The van der Waals surface area contributed by atoms with Crippen LogP contribution in [0.4, 0.5) is 8.78 Å². The predicted molar refractivity (Wildman–Crippen MR) is 127 cm³/mol. The minimum absolute atomic E-state index is 0.108. The van der Waals surface area contributed by atoms with E-state index in [0.29, 0.717) is 45.6 Å². The van der Waals surface area contributed by atoms with E-state index in [1.807, 2.05) is 0 Å². The van der Waals surface area contributed by atoms with Crippen molar-refractivity contribution in [1.82, 2.24) is 9.55 Å². The van der Waals surface area contributed by atoms with Gasteiger partial charge in [-0.15, -0.1) is 0 Å². The summed E-state index contributed by atoms with van der Waals surface area (Å²) in [5, 5.41) is 0. The van der Waals surface area contributed by atoms with Crippen molar-refractivity contribution in [2.24, 2.45) is 0 Å². The van der Waals surface area contributed by atoms with Gasteiger partial charge < -0.3 is 23.7 Å². The van der Waals surface area contributed by atoms with Gasteiger partial charge in [0.2, 0.25) is 5.75 Å². The van der Waals surface area contributed by atoms with E-state index >= 15 is 0 Å². The van der Waals surface area contributed by atoms with E-state index in [4.69, 9.17) is 23.7 Å². The number of benzene rings is 3. The van der Waals surface area contributed by atoms with Crippen molar-refractivity contribution < 1.29 is 32.5 Å². The van der Waals surface area contributed by atoms with E-state index in [9.17, 15) is 8.78 Å². The Labute approximate surface area is 201 Å². The third-order valence-corrected chi connectivity index (χ3v) is 5.53. The molecule has 0 saturated heterocycles. The Morgan fingerprint density at radius 2 is 1.14 bits per heavy atom. The summed E-state index contributed by atoms with van der Waals surface area (Å²) in [7, 11) is 7.32. The largest absolute Gasteiger partial charge is 0.494 e. The van der Waals surface area contributed by atoms with Crippen molar-refractivity contribution in [1.29, 1.82) is 0 Å². The number of ether oxygens (including phenoxy) is 5. The van der Waals surface area contributed by atoms with Gasteiger partial charge in [-0.1, -0.05) is 0 Å². The fraction of sp³-hybridized carbons (Fsp3) is 0.192. The topological polar surface area (TPSA) is 64.0 Å². The van der Waals surface area contributed by atoms with Crippen LogP contribution in [0.2, 0.25) is 0 Å². The maximum Gasteiger partial charge on any atom is 0.203 e. The smallest absolute Gasteiger partial charge is 0.203 e. The van der Waals surface area contributed by atoms with Gasteiger partial charge in [0.15, 0.2) is 34.6 Å². The summed E-state index contributed by atoms with van der Waals surface area (Å²) in [6.45, 7) is 0. The van der Waals surface area contributed by atoms with Crippen molar-refractivity contribution in [3.63, 3.8) is 0 Å². The highest BCUT2D eigenvalue weighted by atomic mass is 19.1. The second kappa shape index (κ2) is 9.92. The molecule has 4 rings (SSSR count). The van der Waals surface area contributed by atoms with E-state index in [-0.39, 0.29) is 11.5 Å². The highest BCUT2D eigenvalue weighted by Gasteiger charge is 2.21. The summed E-state index contributed by atoms with van der Waals surface area (Å²) in [5.41, 5.74) is 2.14. The van der Waals surface area contributed by atoms with Crippen LogP contribution in [-0.2, 0) is 0 Å². The number of rotatable bonds is 8. The fourth-order valence-corrected chi connectivity index (χ4v) is 3.85. The van der Waals surface area contributed by atoms with Crippen LogP contribution in [0.15, 0.2) is 54.7 Å². The molecule has 0 amide bonds. The maximum absolute atomic E-state index is 14.6. The normalized spacial score (nSPS) is 10.7. The Bertz CT molecular complexity index is 1270. The molecule has 0 radical (unpaired) electrons. The van der Waals surface area contributed by atoms with Gasteiger partial charge in [0, 0.05) is 23.3 Å². The van der Waals surface area contributed by atoms with Gasteiger partial charge in [-0.05, 0) is 36.4 Å². The lowest BCUT2D eigenvalue weighted by Gasteiger charge is -2.18. The maximum atomic E-state index is 14.6. The monoisotopic (exact) mass is 482 g/mol. The molecule has 3 aromatic carbocycles. The molecule has 0 aliphatic rings. The lowest BCUT2D eigenvalue weighted by Crippen LogP contribution is -2.03. The molecule has 0 aliphatic carbocycles. The molecule has 1 aromatic heterocycles. The quantitative estimate of drug-likeness (QED) is 0.329. The van der Waals surface area contributed by atoms with Crippen molar-refractivity contribution >= 4 is 0 Å². The number of aromatic nitrogens is 2. The molecular formula is C26H24F2N2O5. The first-order valence-electron chi connectivity index (χ1n) is 10.5. The Balaban J connectivity index is 2.01. The van der Waals surface area contributed by atoms with Crippen LogP contribution in [0.5, 0.6) is 28.7 Å². The van der Waals surface area contributed by atoms with Crippen molar-refractivity contribution in [3.8, 4) is 57.1 Å². The third kappa shape index (κ3) is 4.32. The minimum Gasteiger partial charge on any atom is -0.494 e. The number of hydrogen-bond donors (Lipinski definition) is 0. The van der Waals surface area contributed by atoms with E-state index in [1.54, 1.807) is 35.0 Å². The lowest BCUT2D eigenvalue weighted by molar-refractivity contribution is 0.324. The van der Waals surface area contributed by atoms with Gasteiger partial charge in [-0.3, -0.25) is 4.57 Å². The molecule has 9 heteroatoms. The number of methoxy groups -OCH3 is 5. The zero-order valence-corrected chi connectivity index (χ0v) is 19.9. The molecule has 0 N–H and O–H groups in total. The van der Waals surface area contributed by atoms with Crippen LogP contribution in [0, 0.1) is 11.6 Å². The van der Waals surface area contributed by atoms with E-state index in [2.05, 4.69) is 4.98 Å². The molecular weight excluding hydrogens is 458 g/mol. The summed E-state index contributed by atoms with van der Waals surface area (Å²) < 4.78 is 57.5. The molecule has 0 unspecified atom stereocenters. The van der Waals surface area contributed by atoms with Gasteiger partial charge in [0.25, 0.3) is 0 Å². The van der Waals surface area contributed by atoms with Gasteiger partial charge in [-0.2, -0.15) is 0 Å². The van der Waals surface area contributed by atoms with Crippen LogP contribution in [0.1, 0.15) is 0 Å². The average Bonchev–Trinajstić information content (AvgIpc) is 3.32.